The molecule has 0 spiro atoms. The van der Waals surface area contributed by atoms with Gasteiger partial charge in [0.15, 0.2) is 0 Å². The number of hydrogen-bond acceptors (Lipinski definition) is 4. The number of H-pyrrole nitrogens is 1. The second kappa shape index (κ2) is 5.69. The lowest BCUT2D eigenvalue weighted by Crippen LogP contribution is -2.41. The van der Waals surface area contributed by atoms with Gasteiger partial charge in [-0.3, -0.25) is 5.10 Å². The first kappa shape index (κ1) is 16.6. The second-order valence-corrected chi connectivity index (χ2v) is 7.41. The molecule has 1 aromatic carbocycles. The van der Waals surface area contributed by atoms with Crippen LogP contribution in [0.4, 0.5) is 0 Å². The number of hydrogen-bond donors (Lipinski definition) is 2. The van der Waals surface area contributed by atoms with Crippen molar-refractivity contribution in [2.75, 3.05) is 5.75 Å². The van der Waals surface area contributed by atoms with Crippen LogP contribution in [-0.2, 0) is 9.31 Å². The van der Waals surface area contributed by atoms with E-state index in [1.54, 1.807) is 0 Å². The summed E-state index contributed by atoms with van der Waals surface area (Å²) in [5.41, 5.74) is 3.44. The molecule has 1 aromatic heterocycles. The van der Waals surface area contributed by atoms with Gasteiger partial charge in [0.25, 0.3) is 0 Å². The Morgan fingerprint density at radius 3 is 2.52 bits per heavy atom. The number of aromatic amines is 1. The fraction of sp³-hybridized carbons (Fsp3) is 0.471. The Balaban J connectivity index is 1.92. The van der Waals surface area contributed by atoms with Crippen LogP contribution in [0.25, 0.3) is 17.0 Å². The van der Waals surface area contributed by atoms with Crippen molar-refractivity contribution in [3.05, 3.63) is 34.9 Å². The molecule has 1 fully saturated rings. The van der Waals surface area contributed by atoms with E-state index in [-0.39, 0.29) is 18.3 Å². The van der Waals surface area contributed by atoms with Crippen LogP contribution >= 0.6 is 12.6 Å². The van der Waals surface area contributed by atoms with Crippen molar-refractivity contribution < 1.29 is 9.31 Å². The minimum atomic E-state index is -0.367. The van der Waals surface area contributed by atoms with Crippen LogP contribution in [-0.4, -0.2) is 34.3 Å². The van der Waals surface area contributed by atoms with Crippen LogP contribution in [0.5, 0.6) is 0 Å². The molecule has 2 aromatic rings. The normalized spacial score (nSPS) is 20.4. The number of nitrogens with one attached hydrogen (secondary N) is 1. The number of nitrogens with zero attached hydrogens (tertiary/aromatic N) is 1. The maximum atomic E-state index is 6.12. The molecule has 0 aliphatic carbocycles. The molecule has 0 saturated carbocycles. The molecule has 3 rings (SSSR count). The monoisotopic (exact) mass is 330 g/mol. The average molecular weight is 330 g/mol. The van der Waals surface area contributed by atoms with Gasteiger partial charge in [0.1, 0.15) is 0 Å². The number of thiol groups is 1. The second-order valence-electron chi connectivity index (χ2n) is 7.09. The first-order valence-corrected chi connectivity index (χ1v) is 8.48. The lowest BCUT2D eigenvalue weighted by atomic mass is 9.78. The highest BCUT2D eigenvalue weighted by molar-refractivity contribution is 7.80. The van der Waals surface area contributed by atoms with Gasteiger partial charge in [-0.15, -0.1) is 0 Å². The summed E-state index contributed by atoms with van der Waals surface area (Å²) in [6, 6.07) is 6.23. The molecule has 4 nitrogen and oxygen atoms in total. The first-order valence-electron chi connectivity index (χ1n) is 7.85. The van der Waals surface area contributed by atoms with Crippen molar-refractivity contribution in [3.63, 3.8) is 0 Å². The van der Waals surface area contributed by atoms with Gasteiger partial charge in [0, 0.05) is 16.8 Å². The lowest BCUT2D eigenvalue weighted by Gasteiger charge is -2.32. The molecule has 1 saturated heterocycles. The van der Waals surface area contributed by atoms with Crippen LogP contribution in [0.15, 0.2) is 23.7 Å². The fourth-order valence-electron chi connectivity index (χ4n) is 2.65. The molecule has 1 N–H and O–H groups in total. The third-order valence-electron chi connectivity index (χ3n) is 4.86. The Labute approximate surface area is 143 Å². The quantitative estimate of drug-likeness (QED) is 0.664. The van der Waals surface area contributed by atoms with Gasteiger partial charge < -0.3 is 9.31 Å². The van der Waals surface area contributed by atoms with E-state index < -0.39 is 0 Å². The van der Waals surface area contributed by atoms with Crippen LogP contribution in [0.2, 0.25) is 0 Å². The third kappa shape index (κ3) is 2.95. The summed E-state index contributed by atoms with van der Waals surface area (Å²) in [5.74, 6) is 0.578. The van der Waals surface area contributed by atoms with E-state index in [0.29, 0.717) is 5.75 Å². The molecule has 0 radical (unpaired) electrons. The zero-order chi connectivity index (χ0) is 16.8. The summed E-state index contributed by atoms with van der Waals surface area (Å²) in [6.45, 7) is 10.3. The highest BCUT2D eigenvalue weighted by Crippen LogP contribution is 2.39. The summed E-state index contributed by atoms with van der Waals surface area (Å²) in [6.07, 6.45) is 2.08. The molecule has 0 bridgehead atoms. The summed E-state index contributed by atoms with van der Waals surface area (Å²) in [4.78, 5) is 0. The Kier molecular flexibility index (Phi) is 4.11. The molecule has 0 atom stereocenters. The topological polar surface area (TPSA) is 47.1 Å². The van der Waals surface area contributed by atoms with Gasteiger partial charge in [-0.1, -0.05) is 18.2 Å². The standard InChI is InChI=1S/C17H23BN2O2S/c1-11-14-7-6-12(9-15(14)20-19-11)8-13(10-23)18-21-16(2,3)17(4,5)22-18/h6-9,23H,10H2,1-5H3,(H,19,20). The number of fused-ring (bicyclic) bond motifs is 1. The van der Waals surface area contributed by atoms with Gasteiger partial charge in [-0.2, -0.15) is 17.7 Å². The summed E-state index contributed by atoms with van der Waals surface area (Å²) < 4.78 is 12.2. The number of benzene rings is 1. The third-order valence-corrected chi connectivity index (χ3v) is 5.23. The van der Waals surface area contributed by atoms with E-state index in [2.05, 4.69) is 74.8 Å². The van der Waals surface area contributed by atoms with E-state index in [4.69, 9.17) is 9.31 Å². The van der Waals surface area contributed by atoms with Crippen LogP contribution in [0, 0.1) is 6.92 Å². The molecule has 23 heavy (non-hydrogen) atoms. The first-order chi connectivity index (χ1) is 10.7. The Bertz CT molecular complexity index is 751. The molecule has 0 amide bonds. The zero-order valence-corrected chi connectivity index (χ0v) is 15.2. The van der Waals surface area contributed by atoms with Crippen LogP contribution in [0.3, 0.4) is 0 Å². The highest BCUT2D eigenvalue weighted by Gasteiger charge is 2.52. The van der Waals surface area contributed by atoms with E-state index in [0.717, 1.165) is 27.6 Å². The lowest BCUT2D eigenvalue weighted by molar-refractivity contribution is 0.00578. The number of aryl methyl sites for hydroxylation is 1. The van der Waals surface area contributed by atoms with Crippen molar-refractivity contribution in [1.82, 2.24) is 10.2 Å². The Morgan fingerprint density at radius 1 is 1.26 bits per heavy atom. The molecule has 2 heterocycles. The predicted octanol–water partition coefficient (Wildman–Crippen LogP) is 3.82. The van der Waals surface area contributed by atoms with Gasteiger partial charge in [-0.25, -0.2) is 0 Å². The van der Waals surface area contributed by atoms with E-state index in [1.165, 1.54) is 0 Å². The summed E-state index contributed by atoms with van der Waals surface area (Å²) >= 11 is 4.46. The molecule has 6 heteroatoms. The van der Waals surface area contributed by atoms with Gasteiger partial charge in [0.05, 0.1) is 16.7 Å². The van der Waals surface area contributed by atoms with Crippen molar-refractivity contribution in [1.29, 1.82) is 0 Å². The maximum Gasteiger partial charge on any atom is 0.491 e. The largest absolute Gasteiger partial charge is 0.491 e. The predicted molar refractivity (Wildman–Crippen MR) is 98.7 cm³/mol. The molecular formula is C17H23BN2O2S. The average Bonchev–Trinajstić information content (AvgIpc) is 2.94. The molecular weight excluding hydrogens is 307 g/mol. The van der Waals surface area contributed by atoms with Crippen molar-refractivity contribution in [2.24, 2.45) is 0 Å². The van der Waals surface area contributed by atoms with Crippen molar-refractivity contribution >= 4 is 36.7 Å². The van der Waals surface area contributed by atoms with Crippen molar-refractivity contribution in [2.45, 2.75) is 45.8 Å². The van der Waals surface area contributed by atoms with Crippen molar-refractivity contribution in [3.8, 4) is 0 Å². The number of rotatable bonds is 3. The van der Waals surface area contributed by atoms with Crippen LogP contribution in [0.1, 0.15) is 39.0 Å². The number of aromatic nitrogens is 2. The van der Waals surface area contributed by atoms with E-state index >= 15 is 0 Å². The van der Waals surface area contributed by atoms with Gasteiger partial charge in [0.2, 0.25) is 0 Å². The summed E-state index contributed by atoms with van der Waals surface area (Å²) in [7, 11) is -0.367. The molecule has 0 unspecified atom stereocenters. The van der Waals surface area contributed by atoms with Crippen LogP contribution < -0.4 is 0 Å². The van der Waals surface area contributed by atoms with Gasteiger partial charge in [-0.05, 0) is 51.7 Å². The highest BCUT2D eigenvalue weighted by atomic mass is 32.1. The summed E-state index contributed by atoms with van der Waals surface area (Å²) in [5, 5.41) is 8.48. The molecule has 122 valence electrons. The smallest absolute Gasteiger partial charge is 0.400 e. The minimum Gasteiger partial charge on any atom is -0.400 e. The minimum absolute atomic E-state index is 0.344. The molecule has 1 aliphatic rings. The Morgan fingerprint density at radius 2 is 1.91 bits per heavy atom. The zero-order valence-electron chi connectivity index (χ0n) is 14.3. The van der Waals surface area contributed by atoms with E-state index in [1.807, 2.05) is 6.92 Å². The van der Waals surface area contributed by atoms with E-state index in [9.17, 15) is 0 Å². The molecule has 1 aliphatic heterocycles. The SMILES string of the molecule is Cc1[nH]nc2cc(C=C(CS)B3OC(C)(C)C(C)(C)O3)ccc12. The van der Waals surface area contributed by atoms with Gasteiger partial charge >= 0.3 is 7.12 Å². The fourth-order valence-corrected chi connectivity index (χ4v) is 2.89. The Hall–Kier alpha value is -1.24. The maximum absolute atomic E-state index is 6.12.